The molecule has 0 aliphatic rings. The molecule has 2 heterocycles. The maximum absolute atomic E-state index is 11.6. The zero-order valence-corrected chi connectivity index (χ0v) is 9.45. The van der Waals surface area contributed by atoms with Crippen LogP contribution in [0.1, 0.15) is 26.2 Å². The Labute approximate surface area is 99.1 Å². The summed E-state index contributed by atoms with van der Waals surface area (Å²) in [5.41, 5.74) is 0.218. The van der Waals surface area contributed by atoms with Crippen LogP contribution in [0.25, 0.3) is 0 Å². The van der Waals surface area contributed by atoms with Crippen molar-refractivity contribution in [2.75, 3.05) is 5.32 Å². The van der Waals surface area contributed by atoms with Gasteiger partial charge in [-0.15, -0.1) is 11.3 Å². The Hall–Kier alpha value is -2.22. The predicted octanol–water partition coefficient (Wildman–Crippen LogP) is 1.39. The summed E-state index contributed by atoms with van der Waals surface area (Å²) in [6.45, 7) is 1.55. The van der Waals surface area contributed by atoms with Crippen LogP contribution in [-0.2, 0) is 0 Å². The zero-order chi connectivity index (χ0) is 12.4. The molecule has 88 valence electrons. The van der Waals surface area contributed by atoms with Crippen molar-refractivity contribution >= 4 is 28.9 Å². The number of amides is 1. The highest BCUT2D eigenvalue weighted by molar-refractivity contribution is 7.12. The molecule has 0 atom stereocenters. The van der Waals surface area contributed by atoms with E-state index in [2.05, 4.69) is 20.0 Å². The van der Waals surface area contributed by atoms with E-state index in [1.807, 2.05) is 0 Å². The number of aryl methyl sites for hydroxylation is 1. The van der Waals surface area contributed by atoms with Crippen molar-refractivity contribution < 1.29 is 19.2 Å². The monoisotopic (exact) mass is 253 g/mol. The fourth-order valence-electron chi connectivity index (χ4n) is 1.14. The van der Waals surface area contributed by atoms with E-state index in [-0.39, 0.29) is 22.3 Å². The minimum atomic E-state index is -1.10. The van der Waals surface area contributed by atoms with E-state index in [0.29, 0.717) is 0 Å². The molecule has 8 heteroatoms. The Morgan fingerprint density at radius 3 is 2.88 bits per heavy atom. The molecule has 0 aromatic carbocycles. The van der Waals surface area contributed by atoms with Gasteiger partial charge < -0.3 is 14.9 Å². The minimum absolute atomic E-state index is 0.0542. The van der Waals surface area contributed by atoms with Crippen molar-refractivity contribution in [2.45, 2.75) is 6.92 Å². The summed E-state index contributed by atoms with van der Waals surface area (Å²) in [6.07, 6.45) is 0. The molecule has 0 fully saturated rings. The summed E-state index contributed by atoms with van der Waals surface area (Å²) in [6, 6.07) is 1.50. The third kappa shape index (κ3) is 2.31. The fourth-order valence-corrected chi connectivity index (χ4v) is 1.83. The van der Waals surface area contributed by atoms with E-state index in [1.165, 1.54) is 6.07 Å². The number of carboxylic acids is 1. The second-order valence-corrected chi connectivity index (χ2v) is 3.98. The lowest BCUT2D eigenvalue weighted by Gasteiger charge is -2.00. The third-order valence-corrected chi connectivity index (χ3v) is 2.74. The quantitative estimate of drug-likeness (QED) is 0.856. The lowest BCUT2D eigenvalue weighted by Crippen LogP contribution is -2.15. The van der Waals surface area contributed by atoms with Crippen molar-refractivity contribution in [3.63, 3.8) is 0 Å². The molecule has 0 saturated carbocycles. The van der Waals surface area contributed by atoms with Crippen LogP contribution in [0, 0.1) is 6.92 Å². The number of rotatable bonds is 3. The number of nitrogens with one attached hydrogen (secondary N) is 1. The molecule has 2 aromatic rings. The number of hydrogen-bond acceptors (Lipinski definition) is 6. The van der Waals surface area contributed by atoms with Crippen LogP contribution in [0.15, 0.2) is 16.0 Å². The summed E-state index contributed by atoms with van der Waals surface area (Å²) in [5.74, 6) is -1.58. The Morgan fingerprint density at radius 1 is 1.53 bits per heavy atom. The van der Waals surface area contributed by atoms with E-state index in [4.69, 9.17) is 5.11 Å². The molecular weight excluding hydrogens is 246 g/mol. The van der Waals surface area contributed by atoms with Crippen molar-refractivity contribution in [2.24, 2.45) is 0 Å². The number of hydrogen-bond donors (Lipinski definition) is 2. The lowest BCUT2D eigenvalue weighted by atomic mass is 10.3. The molecule has 2 aromatic heterocycles. The molecule has 2 rings (SSSR count). The van der Waals surface area contributed by atoms with Gasteiger partial charge in [0.1, 0.15) is 4.88 Å². The van der Waals surface area contributed by atoms with Crippen molar-refractivity contribution in [1.29, 1.82) is 0 Å². The lowest BCUT2D eigenvalue weighted by molar-refractivity contribution is 0.0703. The van der Waals surface area contributed by atoms with Crippen LogP contribution in [0.5, 0.6) is 0 Å². The molecule has 0 aliphatic carbocycles. The van der Waals surface area contributed by atoms with E-state index in [1.54, 1.807) is 12.3 Å². The molecule has 0 spiro atoms. The van der Waals surface area contributed by atoms with E-state index < -0.39 is 11.9 Å². The van der Waals surface area contributed by atoms with Gasteiger partial charge in [-0.2, -0.15) is 4.98 Å². The van der Waals surface area contributed by atoms with Crippen molar-refractivity contribution in [3.05, 3.63) is 28.0 Å². The molecule has 2 N–H and O–H groups in total. The number of aromatic nitrogens is 2. The second-order valence-electron chi connectivity index (χ2n) is 3.06. The second kappa shape index (κ2) is 4.34. The maximum atomic E-state index is 11.6. The van der Waals surface area contributed by atoms with Crippen molar-refractivity contribution in [3.8, 4) is 0 Å². The minimum Gasteiger partial charge on any atom is -0.477 e. The highest BCUT2D eigenvalue weighted by Crippen LogP contribution is 2.22. The van der Waals surface area contributed by atoms with Crippen molar-refractivity contribution in [1.82, 2.24) is 10.1 Å². The number of carbonyl (C=O) groups is 2. The number of anilines is 1. The molecule has 0 radical (unpaired) electrons. The highest BCUT2D eigenvalue weighted by atomic mass is 32.1. The topological polar surface area (TPSA) is 105 Å². The first kappa shape index (κ1) is 11.3. The molecule has 7 nitrogen and oxygen atoms in total. The molecule has 0 bridgehead atoms. The Bertz CT molecular complexity index is 574. The first-order valence-corrected chi connectivity index (χ1v) is 5.38. The SMILES string of the molecule is Cc1nc(C(=O)Nc2ccsc2C(=O)O)no1. The third-order valence-electron chi connectivity index (χ3n) is 1.84. The first-order chi connectivity index (χ1) is 8.08. The van der Waals surface area contributed by atoms with Crippen LogP contribution in [0.2, 0.25) is 0 Å². The average molecular weight is 253 g/mol. The van der Waals surface area contributed by atoms with Gasteiger partial charge in [0.05, 0.1) is 5.69 Å². The molecule has 0 saturated heterocycles. The van der Waals surface area contributed by atoms with Gasteiger partial charge >= 0.3 is 5.97 Å². The summed E-state index contributed by atoms with van der Waals surface area (Å²) >= 11 is 1.02. The van der Waals surface area contributed by atoms with Gasteiger partial charge in [-0.25, -0.2) is 4.79 Å². The Kier molecular flexibility index (Phi) is 2.88. The largest absolute Gasteiger partial charge is 0.477 e. The number of nitrogens with zero attached hydrogens (tertiary/aromatic N) is 2. The van der Waals surface area contributed by atoms with E-state index in [9.17, 15) is 9.59 Å². The Morgan fingerprint density at radius 2 is 2.29 bits per heavy atom. The van der Waals surface area contributed by atoms with Crippen LogP contribution in [0.3, 0.4) is 0 Å². The van der Waals surface area contributed by atoms with Gasteiger partial charge in [0.2, 0.25) is 5.89 Å². The standard InChI is InChI=1S/C9H7N3O4S/c1-4-10-7(12-16-4)8(13)11-5-2-3-17-6(5)9(14)15/h2-3H,1H3,(H,11,13)(H,14,15). The van der Waals surface area contributed by atoms with Gasteiger partial charge in [0.15, 0.2) is 0 Å². The van der Waals surface area contributed by atoms with E-state index in [0.717, 1.165) is 11.3 Å². The van der Waals surface area contributed by atoms with E-state index >= 15 is 0 Å². The Balaban J connectivity index is 2.18. The van der Waals surface area contributed by atoms with Crippen LogP contribution >= 0.6 is 11.3 Å². The highest BCUT2D eigenvalue weighted by Gasteiger charge is 2.17. The van der Waals surface area contributed by atoms with Crippen LogP contribution < -0.4 is 5.32 Å². The molecular formula is C9H7N3O4S. The molecule has 1 amide bonds. The van der Waals surface area contributed by atoms with Gasteiger partial charge in [-0.3, -0.25) is 4.79 Å². The van der Waals surface area contributed by atoms with Crippen LogP contribution in [-0.4, -0.2) is 27.1 Å². The molecule has 0 aliphatic heterocycles. The van der Waals surface area contributed by atoms with Gasteiger partial charge in [-0.1, -0.05) is 5.16 Å². The number of carboxylic acid groups (broad SMARTS) is 1. The van der Waals surface area contributed by atoms with Gasteiger partial charge in [0.25, 0.3) is 11.7 Å². The predicted molar refractivity (Wildman–Crippen MR) is 58.3 cm³/mol. The van der Waals surface area contributed by atoms with Crippen LogP contribution in [0.4, 0.5) is 5.69 Å². The molecule has 0 unspecified atom stereocenters. The summed E-state index contributed by atoms with van der Waals surface area (Å²) in [4.78, 5) is 26.2. The number of thiophene rings is 1. The number of carbonyl (C=O) groups excluding carboxylic acids is 1. The summed E-state index contributed by atoms with van der Waals surface area (Å²) in [7, 11) is 0. The molecule has 17 heavy (non-hydrogen) atoms. The number of aromatic carboxylic acids is 1. The normalized spacial score (nSPS) is 10.2. The fraction of sp³-hybridized carbons (Fsp3) is 0.111. The summed E-state index contributed by atoms with van der Waals surface area (Å²) in [5, 5.41) is 16.3. The summed E-state index contributed by atoms with van der Waals surface area (Å²) < 4.78 is 4.65. The van der Waals surface area contributed by atoms with Gasteiger partial charge in [0, 0.05) is 6.92 Å². The smallest absolute Gasteiger partial charge is 0.348 e. The van der Waals surface area contributed by atoms with Gasteiger partial charge in [-0.05, 0) is 11.4 Å². The first-order valence-electron chi connectivity index (χ1n) is 4.50. The zero-order valence-electron chi connectivity index (χ0n) is 8.63. The maximum Gasteiger partial charge on any atom is 0.348 e. The average Bonchev–Trinajstić information content (AvgIpc) is 2.86.